The fourth-order valence-electron chi connectivity index (χ4n) is 0.994. The van der Waals surface area contributed by atoms with Crippen molar-refractivity contribution in [1.82, 2.24) is 0 Å². The van der Waals surface area contributed by atoms with Gasteiger partial charge in [-0.3, -0.25) is 4.79 Å². The van der Waals surface area contributed by atoms with Gasteiger partial charge >= 0.3 is 0 Å². The minimum Gasteiger partial charge on any atom is -0.494 e. The molecule has 0 saturated carbocycles. The first kappa shape index (κ1) is 14.7. The van der Waals surface area contributed by atoms with Gasteiger partial charge in [-0.05, 0) is 19.1 Å². The third-order valence-electron chi connectivity index (χ3n) is 1.83. The molecule has 1 atom stereocenters. The highest BCUT2D eigenvalue weighted by molar-refractivity contribution is 5.94. The number of carbonyl (C=O) groups is 1. The molecule has 0 aromatic heterocycles. The Morgan fingerprint density at radius 1 is 1.56 bits per heavy atom. The van der Waals surface area contributed by atoms with E-state index in [1.165, 1.54) is 25.3 Å². The maximum absolute atomic E-state index is 13.0. The molecule has 3 N–H and O–H groups in total. The summed E-state index contributed by atoms with van der Waals surface area (Å²) in [6, 6.07) is 3.45. The van der Waals surface area contributed by atoms with Gasteiger partial charge in [-0.15, -0.1) is 12.4 Å². The maximum Gasteiger partial charge on any atom is 0.241 e. The number of nitrogens with two attached hydrogens (primary N) is 1. The summed E-state index contributed by atoms with van der Waals surface area (Å²) in [6.07, 6.45) is 0. The normalized spacial score (nSPS) is 11.2. The number of amides is 1. The monoisotopic (exact) mass is 248 g/mol. The Kier molecular flexibility index (Phi) is 5.77. The van der Waals surface area contributed by atoms with E-state index in [0.29, 0.717) is 5.69 Å². The summed E-state index contributed by atoms with van der Waals surface area (Å²) < 4.78 is 17.8. The van der Waals surface area contributed by atoms with E-state index in [1.807, 2.05) is 0 Å². The van der Waals surface area contributed by atoms with Crippen molar-refractivity contribution in [1.29, 1.82) is 0 Å². The molecule has 1 aromatic carbocycles. The average molecular weight is 249 g/mol. The standard InChI is InChI=1S/C10H13FN2O2.ClH/c1-6(12)10(14)13-7-3-4-8(11)9(5-7)15-2;/h3-6H,12H2,1-2H3,(H,13,14);1H/t6-;/m1./s1. The lowest BCUT2D eigenvalue weighted by Gasteiger charge is -2.09. The van der Waals surface area contributed by atoms with Crippen molar-refractivity contribution in [2.45, 2.75) is 13.0 Å². The van der Waals surface area contributed by atoms with Crippen LogP contribution in [0.3, 0.4) is 0 Å². The summed E-state index contributed by atoms with van der Waals surface area (Å²) in [5, 5.41) is 2.53. The molecule has 90 valence electrons. The largest absolute Gasteiger partial charge is 0.494 e. The minimum atomic E-state index is -0.610. The lowest BCUT2D eigenvalue weighted by Crippen LogP contribution is -2.32. The van der Waals surface area contributed by atoms with E-state index in [1.54, 1.807) is 6.92 Å². The fourth-order valence-corrected chi connectivity index (χ4v) is 0.994. The Morgan fingerprint density at radius 3 is 2.69 bits per heavy atom. The Labute approximate surface area is 99.4 Å². The highest BCUT2D eigenvalue weighted by Crippen LogP contribution is 2.21. The van der Waals surface area contributed by atoms with Gasteiger partial charge in [0.15, 0.2) is 11.6 Å². The van der Waals surface area contributed by atoms with Gasteiger partial charge < -0.3 is 15.8 Å². The number of anilines is 1. The molecule has 0 aliphatic heterocycles. The van der Waals surface area contributed by atoms with Gasteiger partial charge in [0.05, 0.1) is 13.2 Å². The van der Waals surface area contributed by atoms with Crippen molar-refractivity contribution in [3.8, 4) is 5.75 Å². The SMILES string of the molecule is COc1cc(NC(=O)[C@@H](C)N)ccc1F.Cl. The van der Waals surface area contributed by atoms with Crippen LogP contribution in [-0.4, -0.2) is 19.1 Å². The summed E-state index contributed by atoms with van der Waals surface area (Å²) in [5.41, 5.74) is 5.82. The van der Waals surface area contributed by atoms with Crippen molar-refractivity contribution in [3.63, 3.8) is 0 Å². The van der Waals surface area contributed by atoms with Crippen molar-refractivity contribution in [2.24, 2.45) is 5.73 Å². The van der Waals surface area contributed by atoms with Crippen LogP contribution in [0.4, 0.5) is 10.1 Å². The third-order valence-corrected chi connectivity index (χ3v) is 1.83. The first-order valence-electron chi connectivity index (χ1n) is 4.44. The van der Waals surface area contributed by atoms with Gasteiger partial charge in [0.1, 0.15) is 0 Å². The van der Waals surface area contributed by atoms with E-state index in [9.17, 15) is 9.18 Å². The summed E-state index contributed by atoms with van der Waals surface area (Å²) in [5.74, 6) is -0.725. The van der Waals surface area contributed by atoms with E-state index < -0.39 is 11.9 Å². The predicted molar refractivity (Wildman–Crippen MR) is 62.5 cm³/mol. The number of halogens is 2. The second kappa shape index (κ2) is 6.30. The molecule has 6 heteroatoms. The Morgan fingerprint density at radius 2 is 2.19 bits per heavy atom. The van der Waals surface area contributed by atoms with Gasteiger partial charge in [0.25, 0.3) is 0 Å². The van der Waals surface area contributed by atoms with Crippen molar-refractivity contribution < 1.29 is 13.9 Å². The van der Waals surface area contributed by atoms with Crippen LogP contribution in [0.2, 0.25) is 0 Å². The van der Waals surface area contributed by atoms with Crippen LogP contribution in [0.15, 0.2) is 18.2 Å². The molecule has 0 aliphatic rings. The second-order valence-electron chi connectivity index (χ2n) is 3.13. The molecule has 1 rings (SSSR count). The maximum atomic E-state index is 13.0. The molecule has 1 amide bonds. The van der Waals surface area contributed by atoms with E-state index in [2.05, 4.69) is 5.32 Å². The zero-order valence-electron chi connectivity index (χ0n) is 8.99. The van der Waals surface area contributed by atoms with Crippen molar-refractivity contribution in [3.05, 3.63) is 24.0 Å². The van der Waals surface area contributed by atoms with Crippen LogP contribution in [0.1, 0.15) is 6.92 Å². The van der Waals surface area contributed by atoms with Crippen LogP contribution in [0.25, 0.3) is 0 Å². The highest BCUT2D eigenvalue weighted by Gasteiger charge is 2.09. The van der Waals surface area contributed by atoms with Crippen LogP contribution in [0, 0.1) is 5.82 Å². The molecule has 0 spiro atoms. The molecule has 0 bridgehead atoms. The molecular weight excluding hydrogens is 235 g/mol. The lowest BCUT2D eigenvalue weighted by molar-refractivity contribution is -0.117. The zero-order valence-corrected chi connectivity index (χ0v) is 9.81. The molecule has 0 aliphatic carbocycles. The number of rotatable bonds is 3. The second-order valence-corrected chi connectivity index (χ2v) is 3.13. The van der Waals surface area contributed by atoms with E-state index in [4.69, 9.17) is 10.5 Å². The fraction of sp³-hybridized carbons (Fsp3) is 0.300. The summed E-state index contributed by atoms with van der Waals surface area (Å²) in [4.78, 5) is 11.2. The molecule has 1 aromatic rings. The van der Waals surface area contributed by atoms with Crippen LogP contribution in [-0.2, 0) is 4.79 Å². The quantitative estimate of drug-likeness (QED) is 0.853. The Balaban J connectivity index is 0.00000225. The van der Waals surface area contributed by atoms with Gasteiger partial charge in [0.2, 0.25) is 5.91 Å². The Hall–Kier alpha value is -1.33. The van der Waals surface area contributed by atoms with E-state index >= 15 is 0 Å². The molecular formula is C10H14ClFN2O2. The highest BCUT2D eigenvalue weighted by atomic mass is 35.5. The topological polar surface area (TPSA) is 64.3 Å². The zero-order chi connectivity index (χ0) is 11.4. The first-order chi connectivity index (χ1) is 7.04. The lowest BCUT2D eigenvalue weighted by atomic mass is 10.2. The van der Waals surface area contributed by atoms with Crippen LogP contribution >= 0.6 is 12.4 Å². The van der Waals surface area contributed by atoms with E-state index in [-0.39, 0.29) is 24.1 Å². The number of carbonyl (C=O) groups excluding carboxylic acids is 1. The molecule has 4 nitrogen and oxygen atoms in total. The summed E-state index contributed by atoms with van der Waals surface area (Å²) in [7, 11) is 1.36. The summed E-state index contributed by atoms with van der Waals surface area (Å²) in [6.45, 7) is 1.57. The van der Waals surface area contributed by atoms with Crippen molar-refractivity contribution in [2.75, 3.05) is 12.4 Å². The molecule has 0 fully saturated rings. The third kappa shape index (κ3) is 3.67. The number of ether oxygens (including phenoxy) is 1. The van der Waals surface area contributed by atoms with Gasteiger partial charge in [-0.2, -0.15) is 0 Å². The number of hydrogen-bond donors (Lipinski definition) is 2. The molecule has 0 radical (unpaired) electrons. The smallest absolute Gasteiger partial charge is 0.241 e. The number of methoxy groups -OCH3 is 1. The van der Waals surface area contributed by atoms with Crippen molar-refractivity contribution >= 4 is 24.0 Å². The summed E-state index contributed by atoms with van der Waals surface area (Å²) >= 11 is 0. The molecule has 0 unspecified atom stereocenters. The van der Waals surface area contributed by atoms with Gasteiger partial charge in [-0.1, -0.05) is 0 Å². The van der Waals surface area contributed by atoms with Crippen LogP contribution in [0.5, 0.6) is 5.75 Å². The predicted octanol–water partition coefficient (Wildman–Crippen LogP) is 1.54. The minimum absolute atomic E-state index is 0. The first-order valence-corrected chi connectivity index (χ1v) is 4.44. The Bertz CT molecular complexity index is 372. The average Bonchev–Trinajstić information content (AvgIpc) is 2.20. The van der Waals surface area contributed by atoms with Crippen LogP contribution < -0.4 is 15.8 Å². The number of nitrogens with one attached hydrogen (secondary N) is 1. The van der Waals surface area contributed by atoms with Gasteiger partial charge in [0, 0.05) is 11.8 Å². The molecule has 16 heavy (non-hydrogen) atoms. The van der Waals surface area contributed by atoms with Gasteiger partial charge in [-0.25, -0.2) is 4.39 Å². The van der Waals surface area contributed by atoms with E-state index in [0.717, 1.165) is 0 Å². The molecule has 0 heterocycles. The number of benzene rings is 1. The molecule has 0 saturated heterocycles. The number of hydrogen-bond acceptors (Lipinski definition) is 3.